The molecule has 1 N–H and O–H groups in total. The highest BCUT2D eigenvalue weighted by atomic mass is 16.5. The lowest BCUT2D eigenvalue weighted by Crippen LogP contribution is -2.31. The summed E-state index contributed by atoms with van der Waals surface area (Å²) in [7, 11) is 0. The molecule has 1 aromatic rings. The van der Waals surface area contributed by atoms with Crippen molar-refractivity contribution < 1.29 is 9.32 Å². The average molecular weight is 165 g/mol. The molecule has 5 heteroatoms. The second-order valence-electron chi connectivity index (χ2n) is 2.21. The van der Waals surface area contributed by atoms with Gasteiger partial charge in [-0.15, -0.1) is 0 Å². The summed E-state index contributed by atoms with van der Waals surface area (Å²) in [6.45, 7) is 1.58. The molecule has 0 fully saturated rings. The van der Waals surface area contributed by atoms with E-state index in [1.54, 1.807) is 6.92 Å². The maximum absolute atomic E-state index is 11.1. The molecule has 1 amide bonds. The summed E-state index contributed by atoms with van der Waals surface area (Å²) in [6.07, 6.45) is 1.30. The Hall–Kier alpha value is -1.83. The molecular weight excluding hydrogens is 158 g/mol. The SMILES string of the molecule is C[C@H](C#N)NC(=O)c1ccon1. The molecule has 5 nitrogen and oxygen atoms in total. The van der Waals surface area contributed by atoms with Crippen molar-refractivity contribution in [2.24, 2.45) is 0 Å². The maximum Gasteiger partial charge on any atom is 0.274 e. The molecule has 1 rings (SSSR count). The van der Waals surface area contributed by atoms with E-state index in [1.165, 1.54) is 12.3 Å². The van der Waals surface area contributed by atoms with Gasteiger partial charge in [0.1, 0.15) is 12.3 Å². The number of nitrogens with zero attached hydrogens (tertiary/aromatic N) is 2. The summed E-state index contributed by atoms with van der Waals surface area (Å²) in [5, 5.41) is 14.2. The lowest BCUT2D eigenvalue weighted by Gasteiger charge is -2.01. The Morgan fingerprint density at radius 3 is 3.17 bits per heavy atom. The highest BCUT2D eigenvalue weighted by Gasteiger charge is 2.10. The fraction of sp³-hybridized carbons (Fsp3) is 0.286. The first-order chi connectivity index (χ1) is 5.74. The van der Waals surface area contributed by atoms with E-state index in [0.717, 1.165) is 0 Å². The quantitative estimate of drug-likeness (QED) is 0.684. The second-order valence-corrected chi connectivity index (χ2v) is 2.21. The minimum Gasteiger partial charge on any atom is -0.364 e. The van der Waals surface area contributed by atoms with Crippen LogP contribution in [0.3, 0.4) is 0 Å². The van der Waals surface area contributed by atoms with Crippen LogP contribution < -0.4 is 5.32 Å². The summed E-state index contributed by atoms with van der Waals surface area (Å²) in [5.41, 5.74) is 0.178. The smallest absolute Gasteiger partial charge is 0.274 e. The van der Waals surface area contributed by atoms with Crippen molar-refractivity contribution in [2.75, 3.05) is 0 Å². The summed E-state index contributed by atoms with van der Waals surface area (Å²) in [4.78, 5) is 11.1. The van der Waals surface area contributed by atoms with Crippen LogP contribution in [0.15, 0.2) is 16.9 Å². The van der Waals surface area contributed by atoms with E-state index in [1.807, 2.05) is 6.07 Å². The van der Waals surface area contributed by atoms with Crippen LogP contribution in [0.2, 0.25) is 0 Å². The first-order valence-corrected chi connectivity index (χ1v) is 3.35. The van der Waals surface area contributed by atoms with Crippen LogP contribution in [0.5, 0.6) is 0 Å². The summed E-state index contributed by atoms with van der Waals surface area (Å²) >= 11 is 0. The molecule has 62 valence electrons. The largest absolute Gasteiger partial charge is 0.364 e. The summed E-state index contributed by atoms with van der Waals surface area (Å²) in [5.74, 6) is -0.405. The molecule has 1 heterocycles. The molecule has 0 unspecified atom stereocenters. The first-order valence-electron chi connectivity index (χ1n) is 3.35. The van der Waals surface area contributed by atoms with E-state index < -0.39 is 11.9 Å². The monoisotopic (exact) mass is 165 g/mol. The third-order valence-electron chi connectivity index (χ3n) is 1.21. The number of carbonyl (C=O) groups excluding carboxylic acids is 1. The number of amides is 1. The fourth-order valence-corrected chi connectivity index (χ4v) is 0.633. The number of hydrogen-bond acceptors (Lipinski definition) is 4. The Balaban J connectivity index is 2.57. The van der Waals surface area contributed by atoms with Crippen LogP contribution in [0, 0.1) is 11.3 Å². The van der Waals surface area contributed by atoms with E-state index in [9.17, 15) is 4.79 Å². The minimum absolute atomic E-state index is 0.178. The number of nitriles is 1. The third-order valence-corrected chi connectivity index (χ3v) is 1.21. The van der Waals surface area contributed by atoms with Gasteiger partial charge in [-0.05, 0) is 6.92 Å². The van der Waals surface area contributed by atoms with Gasteiger partial charge in [0.05, 0.1) is 6.07 Å². The van der Waals surface area contributed by atoms with E-state index in [-0.39, 0.29) is 5.69 Å². The molecule has 1 aromatic heterocycles. The normalized spacial score (nSPS) is 11.7. The highest BCUT2D eigenvalue weighted by molar-refractivity contribution is 5.92. The van der Waals surface area contributed by atoms with Gasteiger partial charge < -0.3 is 9.84 Å². The summed E-state index contributed by atoms with van der Waals surface area (Å²) < 4.78 is 4.46. The first kappa shape index (κ1) is 8.27. The Bertz CT molecular complexity index is 299. The van der Waals surface area contributed by atoms with Crippen molar-refractivity contribution in [1.29, 1.82) is 5.26 Å². The molecule has 0 radical (unpaired) electrons. The van der Waals surface area contributed by atoms with Gasteiger partial charge in [0, 0.05) is 6.07 Å². The van der Waals surface area contributed by atoms with Crippen LogP contribution in [0.25, 0.3) is 0 Å². The predicted octanol–water partition coefficient (Wildman–Crippen LogP) is 0.316. The molecule has 12 heavy (non-hydrogen) atoms. The number of aromatic nitrogens is 1. The molecular formula is C7H7N3O2. The average Bonchev–Trinajstić information content (AvgIpc) is 2.56. The predicted molar refractivity (Wildman–Crippen MR) is 39.0 cm³/mol. The maximum atomic E-state index is 11.1. The Labute approximate surface area is 69.0 Å². The second kappa shape index (κ2) is 3.53. The Morgan fingerprint density at radius 1 is 1.92 bits per heavy atom. The lowest BCUT2D eigenvalue weighted by atomic mass is 10.3. The molecule has 0 saturated heterocycles. The van der Waals surface area contributed by atoms with Gasteiger partial charge in [0.15, 0.2) is 5.69 Å². The number of nitrogens with one attached hydrogen (secondary N) is 1. The summed E-state index contributed by atoms with van der Waals surface area (Å²) in [6, 6.07) is 2.78. The van der Waals surface area contributed by atoms with Crippen molar-refractivity contribution in [3.63, 3.8) is 0 Å². The van der Waals surface area contributed by atoms with E-state index in [4.69, 9.17) is 5.26 Å². The molecule has 0 aliphatic rings. The van der Waals surface area contributed by atoms with Crippen molar-refractivity contribution in [3.8, 4) is 6.07 Å². The van der Waals surface area contributed by atoms with Gasteiger partial charge in [0.25, 0.3) is 5.91 Å². The zero-order valence-electron chi connectivity index (χ0n) is 6.44. The molecule has 0 aliphatic heterocycles. The van der Waals surface area contributed by atoms with Crippen molar-refractivity contribution >= 4 is 5.91 Å². The molecule has 0 saturated carbocycles. The Kier molecular flexibility index (Phi) is 2.43. The topological polar surface area (TPSA) is 78.9 Å². The molecule has 0 spiro atoms. The number of rotatable bonds is 2. The van der Waals surface area contributed by atoms with Crippen LogP contribution in [-0.4, -0.2) is 17.1 Å². The molecule has 0 bridgehead atoms. The van der Waals surface area contributed by atoms with E-state index in [0.29, 0.717) is 0 Å². The van der Waals surface area contributed by atoms with Gasteiger partial charge in [-0.2, -0.15) is 5.26 Å². The van der Waals surface area contributed by atoms with Gasteiger partial charge in [-0.1, -0.05) is 5.16 Å². The van der Waals surface area contributed by atoms with E-state index in [2.05, 4.69) is 15.0 Å². The number of hydrogen-bond donors (Lipinski definition) is 1. The third kappa shape index (κ3) is 1.83. The molecule has 0 aromatic carbocycles. The minimum atomic E-state index is -0.519. The van der Waals surface area contributed by atoms with Crippen molar-refractivity contribution in [1.82, 2.24) is 10.5 Å². The van der Waals surface area contributed by atoms with E-state index >= 15 is 0 Å². The van der Waals surface area contributed by atoms with Gasteiger partial charge in [-0.3, -0.25) is 4.79 Å². The fourth-order valence-electron chi connectivity index (χ4n) is 0.633. The van der Waals surface area contributed by atoms with Gasteiger partial charge >= 0.3 is 0 Å². The highest BCUT2D eigenvalue weighted by Crippen LogP contribution is 1.94. The Morgan fingerprint density at radius 2 is 2.67 bits per heavy atom. The number of carbonyl (C=O) groups is 1. The van der Waals surface area contributed by atoms with Gasteiger partial charge in [0.2, 0.25) is 0 Å². The zero-order valence-corrected chi connectivity index (χ0v) is 6.44. The van der Waals surface area contributed by atoms with Crippen LogP contribution in [-0.2, 0) is 0 Å². The van der Waals surface area contributed by atoms with Crippen LogP contribution >= 0.6 is 0 Å². The lowest BCUT2D eigenvalue weighted by molar-refractivity contribution is 0.0938. The van der Waals surface area contributed by atoms with Gasteiger partial charge in [-0.25, -0.2) is 0 Å². The van der Waals surface area contributed by atoms with Crippen molar-refractivity contribution in [2.45, 2.75) is 13.0 Å². The molecule has 0 aliphatic carbocycles. The molecule has 1 atom stereocenters. The van der Waals surface area contributed by atoms with Crippen LogP contribution in [0.1, 0.15) is 17.4 Å². The zero-order chi connectivity index (χ0) is 8.97. The standard InChI is InChI=1S/C7H7N3O2/c1-5(4-8)9-7(11)6-2-3-12-10-6/h2-3,5H,1H3,(H,9,11)/t5-/m1/s1. The van der Waals surface area contributed by atoms with Crippen molar-refractivity contribution in [3.05, 3.63) is 18.0 Å². The van der Waals surface area contributed by atoms with Crippen LogP contribution in [0.4, 0.5) is 0 Å².